The van der Waals surface area contributed by atoms with E-state index < -0.39 is 29.8 Å². The molecule has 1 aromatic heterocycles. The molecule has 1 rings (SSSR count). The Bertz CT molecular complexity index is 496. The van der Waals surface area contributed by atoms with E-state index in [0.717, 1.165) is 6.92 Å². The number of halogens is 3. The minimum absolute atomic E-state index is 0.00247. The molecule has 6 nitrogen and oxygen atoms in total. The highest BCUT2D eigenvalue weighted by molar-refractivity contribution is 5.99. The highest BCUT2D eigenvalue weighted by atomic mass is 19.4. The standard InChI is InChI=1S/C10H12F3N3O3/c1-4-19-8(18)7(5(2)17)16-6(3)14-9(15-16)10(11,12)13/h7H,4H2,1-3H3. The highest BCUT2D eigenvalue weighted by Gasteiger charge is 2.39. The van der Waals surface area contributed by atoms with Crippen LogP contribution in [0, 0.1) is 6.92 Å². The summed E-state index contributed by atoms with van der Waals surface area (Å²) < 4.78 is 42.6. The van der Waals surface area contributed by atoms with Gasteiger partial charge < -0.3 is 4.74 Å². The number of rotatable bonds is 4. The Balaban J connectivity index is 3.21. The molecule has 9 heteroatoms. The second-order valence-electron chi connectivity index (χ2n) is 3.69. The van der Waals surface area contributed by atoms with Crippen LogP contribution in [0.4, 0.5) is 13.2 Å². The van der Waals surface area contributed by atoms with Crippen LogP contribution in [-0.2, 0) is 20.5 Å². The van der Waals surface area contributed by atoms with E-state index >= 15 is 0 Å². The van der Waals surface area contributed by atoms with Gasteiger partial charge >= 0.3 is 12.1 Å². The molecule has 1 aromatic rings. The monoisotopic (exact) mass is 279 g/mol. The van der Waals surface area contributed by atoms with Crippen molar-refractivity contribution >= 4 is 11.8 Å². The molecule has 0 bridgehead atoms. The second-order valence-corrected chi connectivity index (χ2v) is 3.69. The molecule has 1 unspecified atom stereocenters. The van der Waals surface area contributed by atoms with Gasteiger partial charge in [0, 0.05) is 0 Å². The molecule has 106 valence electrons. The summed E-state index contributed by atoms with van der Waals surface area (Å²) in [4.78, 5) is 26.2. The fraction of sp³-hybridized carbons (Fsp3) is 0.600. The summed E-state index contributed by atoms with van der Waals surface area (Å²) in [5.41, 5.74) is 0. The lowest BCUT2D eigenvalue weighted by Gasteiger charge is -2.13. The minimum atomic E-state index is -4.74. The molecule has 0 aromatic carbocycles. The van der Waals surface area contributed by atoms with E-state index in [4.69, 9.17) is 0 Å². The van der Waals surface area contributed by atoms with Gasteiger partial charge in [0.1, 0.15) is 5.82 Å². The van der Waals surface area contributed by atoms with E-state index in [0.29, 0.717) is 4.68 Å². The van der Waals surface area contributed by atoms with E-state index in [1.165, 1.54) is 13.8 Å². The zero-order valence-corrected chi connectivity index (χ0v) is 10.5. The number of hydrogen-bond donors (Lipinski definition) is 0. The first-order valence-electron chi connectivity index (χ1n) is 5.36. The van der Waals surface area contributed by atoms with Crippen LogP contribution in [0.1, 0.15) is 31.5 Å². The van der Waals surface area contributed by atoms with Crippen molar-refractivity contribution in [3.63, 3.8) is 0 Å². The van der Waals surface area contributed by atoms with E-state index in [1.807, 2.05) is 0 Å². The molecule has 0 amide bonds. The molecule has 0 N–H and O–H groups in total. The minimum Gasteiger partial charge on any atom is -0.464 e. The topological polar surface area (TPSA) is 74.1 Å². The predicted molar refractivity (Wildman–Crippen MR) is 56.1 cm³/mol. The van der Waals surface area contributed by atoms with Gasteiger partial charge in [-0.05, 0) is 20.8 Å². The Morgan fingerprint density at radius 2 is 2.00 bits per heavy atom. The van der Waals surface area contributed by atoms with Gasteiger partial charge in [-0.1, -0.05) is 0 Å². The van der Waals surface area contributed by atoms with Crippen LogP contribution in [0.25, 0.3) is 0 Å². The van der Waals surface area contributed by atoms with Gasteiger partial charge in [-0.25, -0.2) is 14.5 Å². The van der Waals surface area contributed by atoms with Gasteiger partial charge in [0.05, 0.1) is 6.61 Å². The number of hydrogen-bond acceptors (Lipinski definition) is 5. The van der Waals surface area contributed by atoms with Crippen molar-refractivity contribution < 1.29 is 27.5 Å². The van der Waals surface area contributed by atoms with Crippen molar-refractivity contribution in [2.75, 3.05) is 6.61 Å². The molecular weight excluding hydrogens is 267 g/mol. The van der Waals surface area contributed by atoms with Crippen molar-refractivity contribution in [3.8, 4) is 0 Å². The first-order chi connectivity index (χ1) is 8.68. The summed E-state index contributed by atoms with van der Waals surface area (Å²) in [5, 5.41) is 3.16. The van der Waals surface area contributed by atoms with Crippen LogP contribution in [0.3, 0.4) is 0 Å². The molecule has 0 fully saturated rings. The third-order valence-corrected chi connectivity index (χ3v) is 2.19. The number of carbonyl (C=O) groups excluding carboxylic acids is 2. The average molecular weight is 279 g/mol. The molecule has 1 atom stereocenters. The number of ether oxygens (including phenoxy) is 1. The van der Waals surface area contributed by atoms with Gasteiger partial charge in [-0.3, -0.25) is 4.79 Å². The molecule has 1 heterocycles. The van der Waals surface area contributed by atoms with Crippen LogP contribution >= 0.6 is 0 Å². The summed E-state index contributed by atoms with van der Waals surface area (Å²) in [7, 11) is 0. The molecule has 0 radical (unpaired) electrons. The van der Waals surface area contributed by atoms with Crippen molar-refractivity contribution in [2.24, 2.45) is 0 Å². The molecule has 0 aliphatic rings. The first kappa shape index (κ1) is 15.1. The molecule has 19 heavy (non-hydrogen) atoms. The number of aryl methyl sites for hydroxylation is 1. The van der Waals surface area contributed by atoms with Crippen LogP contribution in [0.15, 0.2) is 0 Å². The Labute approximate surface area is 106 Å². The summed E-state index contributed by atoms with van der Waals surface area (Å²) in [5.74, 6) is -3.24. The van der Waals surface area contributed by atoms with Crippen LogP contribution in [0.2, 0.25) is 0 Å². The van der Waals surface area contributed by atoms with Gasteiger partial charge in [-0.15, -0.1) is 5.10 Å². The van der Waals surface area contributed by atoms with Gasteiger partial charge in [0.15, 0.2) is 5.78 Å². The molecule has 0 aliphatic carbocycles. The zero-order valence-electron chi connectivity index (χ0n) is 10.5. The lowest BCUT2D eigenvalue weighted by atomic mass is 10.2. The quantitative estimate of drug-likeness (QED) is 0.613. The number of ketones is 1. The first-order valence-corrected chi connectivity index (χ1v) is 5.36. The zero-order chi connectivity index (χ0) is 14.8. The van der Waals surface area contributed by atoms with Crippen molar-refractivity contribution in [3.05, 3.63) is 11.6 Å². The van der Waals surface area contributed by atoms with E-state index in [1.54, 1.807) is 0 Å². The largest absolute Gasteiger partial charge is 0.464 e. The van der Waals surface area contributed by atoms with Gasteiger partial charge in [0.25, 0.3) is 5.82 Å². The number of carbonyl (C=O) groups is 2. The molecule has 0 aliphatic heterocycles. The van der Waals surface area contributed by atoms with Crippen LogP contribution < -0.4 is 0 Å². The number of Topliss-reactive ketones (excluding diaryl/α,β-unsaturated/α-hetero) is 1. The lowest BCUT2D eigenvalue weighted by molar-refractivity contribution is -0.152. The molecule has 0 saturated heterocycles. The number of aromatic nitrogens is 3. The number of alkyl halides is 3. The maximum absolute atomic E-state index is 12.5. The summed E-state index contributed by atoms with van der Waals surface area (Å²) in [6.45, 7) is 3.81. The van der Waals surface area contributed by atoms with Gasteiger partial charge in [-0.2, -0.15) is 13.2 Å². The third kappa shape index (κ3) is 3.30. The van der Waals surface area contributed by atoms with E-state index in [2.05, 4.69) is 14.8 Å². The SMILES string of the molecule is CCOC(=O)C(C(C)=O)n1nc(C(F)(F)F)nc1C. The van der Waals surface area contributed by atoms with Crippen molar-refractivity contribution in [1.82, 2.24) is 14.8 Å². The van der Waals surface area contributed by atoms with E-state index in [-0.39, 0.29) is 12.4 Å². The average Bonchev–Trinajstić information content (AvgIpc) is 2.60. The lowest BCUT2D eigenvalue weighted by Crippen LogP contribution is -2.29. The summed E-state index contributed by atoms with van der Waals surface area (Å²) in [6.07, 6.45) is -4.74. The smallest absolute Gasteiger partial charge is 0.453 e. The normalized spacial score (nSPS) is 13.2. The number of nitrogens with zero attached hydrogens (tertiary/aromatic N) is 3. The molecule has 0 saturated carbocycles. The second kappa shape index (κ2) is 5.37. The maximum atomic E-state index is 12.5. The summed E-state index contributed by atoms with van der Waals surface area (Å²) in [6, 6.07) is -1.55. The summed E-state index contributed by atoms with van der Waals surface area (Å²) >= 11 is 0. The number of esters is 1. The Kier molecular flexibility index (Phi) is 4.28. The third-order valence-electron chi connectivity index (χ3n) is 2.19. The van der Waals surface area contributed by atoms with Crippen molar-refractivity contribution in [2.45, 2.75) is 33.0 Å². The highest BCUT2D eigenvalue weighted by Crippen LogP contribution is 2.27. The van der Waals surface area contributed by atoms with Crippen LogP contribution in [0.5, 0.6) is 0 Å². The Morgan fingerprint density at radius 1 is 1.42 bits per heavy atom. The molecule has 0 spiro atoms. The Morgan fingerprint density at radius 3 is 2.37 bits per heavy atom. The van der Waals surface area contributed by atoms with Gasteiger partial charge in [0.2, 0.25) is 6.04 Å². The fourth-order valence-electron chi connectivity index (χ4n) is 1.43. The fourth-order valence-corrected chi connectivity index (χ4v) is 1.43. The maximum Gasteiger partial charge on any atom is 0.453 e. The van der Waals surface area contributed by atoms with Crippen LogP contribution in [-0.4, -0.2) is 33.1 Å². The Hall–Kier alpha value is -1.93. The molecular formula is C10H12F3N3O3. The van der Waals surface area contributed by atoms with Crippen molar-refractivity contribution in [1.29, 1.82) is 0 Å². The predicted octanol–water partition coefficient (Wildman–Crippen LogP) is 1.30. The van der Waals surface area contributed by atoms with E-state index in [9.17, 15) is 22.8 Å².